The van der Waals surface area contributed by atoms with Gasteiger partial charge in [-0.1, -0.05) is 255 Å². The third kappa shape index (κ3) is 44.7. The van der Waals surface area contributed by atoms with E-state index in [1.165, 1.54) is 109 Å². The Morgan fingerprint density at radius 3 is 1.27 bits per heavy atom. The number of esters is 3. The number of carboxylic acids is 1. The highest BCUT2D eigenvalue weighted by atomic mass is 16.7. The fourth-order valence-corrected chi connectivity index (χ4v) is 9.64. The van der Waals surface area contributed by atoms with Gasteiger partial charge in [0.15, 0.2) is 24.6 Å². The minimum Gasteiger partial charge on any atom is -0.479 e. The molecule has 0 amide bonds. The molecule has 1 aliphatic rings. The van der Waals surface area contributed by atoms with E-state index in [0.717, 1.165) is 122 Å². The number of hydrogen-bond acceptors (Lipinski definition) is 11. The zero-order valence-electron chi connectivity index (χ0n) is 50.4. The average molecular weight is 1110 g/mol. The van der Waals surface area contributed by atoms with Gasteiger partial charge in [0.05, 0.1) is 6.61 Å². The molecule has 12 nitrogen and oxygen atoms in total. The van der Waals surface area contributed by atoms with Crippen LogP contribution in [0.5, 0.6) is 0 Å². The largest absolute Gasteiger partial charge is 0.479 e. The fraction of sp³-hybridized carbons (Fsp3) is 0.791. The van der Waals surface area contributed by atoms with Crippen LogP contribution in [0.3, 0.4) is 0 Å². The second-order valence-corrected chi connectivity index (χ2v) is 22.0. The second kappa shape index (κ2) is 55.0. The van der Waals surface area contributed by atoms with Gasteiger partial charge < -0.3 is 39.0 Å². The summed E-state index contributed by atoms with van der Waals surface area (Å²) in [4.78, 5) is 51.2. The smallest absolute Gasteiger partial charge is 0.335 e. The molecule has 0 radical (unpaired) electrons. The van der Waals surface area contributed by atoms with Crippen LogP contribution in [0, 0.1) is 0 Å². The van der Waals surface area contributed by atoms with Crippen LogP contribution in [-0.4, -0.2) is 89.2 Å². The molecule has 0 aromatic heterocycles. The molecule has 1 heterocycles. The minimum absolute atomic E-state index is 0.0438. The van der Waals surface area contributed by atoms with E-state index in [1.807, 2.05) is 0 Å². The lowest BCUT2D eigenvalue weighted by Crippen LogP contribution is -2.61. The Kier molecular flexibility index (Phi) is 51.1. The molecule has 0 aromatic rings. The monoisotopic (exact) mass is 1110 g/mol. The Balaban J connectivity index is 2.61. The molecule has 1 fully saturated rings. The van der Waals surface area contributed by atoms with Crippen molar-refractivity contribution in [3.8, 4) is 0 Å². The summed E-state index contributed by atoms with van der Waals surface area (Å²) in [5.74, 6) is -3.13. The molecule has 12 heteroatoms. The lowest BCUT2D eigenvalue weighted by molar-refractivity contribution is -0.301. The van der Waals surface area contributed by atoms with Crippen LogP contribution in [0.1, 0.15) is 290 Å². The summed E-state index contributed by atoms with van der Waals surface area (Å²) >= 11 is 0. The first-order chi connectivity index (χ1) is 38.6. The molecule has 456 valence electrons. The molecule has 0 bridgehead atoms. The van der Waals surface area contributed by atoms with Gasteiger partial charge in [0.25, 0.3) is 0 Å². The van der Waals surface area contributed by atoms with E-state index < -0.39 is 67.3 Å². The van der Waals surface area contributed by atoms with E-state index in [1.54, 1.807) is 0 Å². The van der Waals surface area contributed by atoms with Gasteiger partial charge in [-0.3, -0.25) is 14.4 Å². The van der Waals surface area contributed by atoms with Crippen LogP contribution < -0.4 is 0 Å². The lowest BCUT2D eigenvalue weighted by Gasteiger charge is -2.40. The van der Waals surface area contributed by atoms with Crippen LogP contribution in [0.4, 0.5) is 0 Å². The first-order valence-electron chi connectivity index (χ1n) is 32.3. The Bertz CT molecular complexity index is 1600. The van der Waals surface area contributed by atoms with Gasteiger partial charge >= 0.3 is 23.9 Å². The van der Waals surface area contributed by atoms with Crippen LogP contribution in [-0.2, 0) is 42.9 Å². The summed E-state index contributed by atoms with van der Waals surface area (Å²) in [6.07, 6.45) is 56.2. The lowest BCUT2D eigenvalue weighted by atomic mass is 9.98. The third-order valence-corrected chi connectivity index (χ3v) is 14.6. The van der Waals surface area contributed by atoms with Gasteiger partial charge in [-0.25, -0.2) is 4.79 Å². The average Bonchev–Trinajstić information content (AvgIpc) is 3.43. The molecule has 1 saturated heterocycles. The van der Waals surface area contributed by atoms with Crippen molar-refractivity contribution >= 4 is 23.9 Å². The predicted octanol–water partition coefficient (Wildman–Crippen LogP) is 17.1. The number of hydrogen-bond donors (Lipinski definition) is 3. The zero-order valence-corrected chi connectivity index (χ0v) is 50.4. The maximum absolute atomic E-state index is 13.1. The molecular formula is C67H116O12. The summed E-state index contributed by atoms with van der Waals surface area (Å²) in [6.45, 7) is 5.86. The van der Waals surface area contributed by atoms with Crippen molar-refractivity contribution < 1.29 is 58.2 Å². The zero-order chi connectivity index (χ0) is 57.5. The number of allylic oxidation sites excluding steroid dienone is 10. The van der Waals surface area contributed by atoms with E-state index in [9.17, 15) is 34.5 Å². The highest BCUT2D eigenvalue weighted by molar-refractivity contribution is 5.74. The maximum Gasteiger partial charge on any atom is 0.335 e. The van der Waals surface area contributed by atoms with Crippen LogP contribution in [0.2, 0.25) is 0 Å². The number of aliphatic hydroxyl groups excluding tert-OH is 2. The van der Waals surface area contributed by atoms with Crippen LogP contribution in [0.15, 0.2) is 60.8 Å². The van der Waals surface area contributed by atoms with Crippen LogP contribution in [0.25, 0.3) is 0 Å². The molecule has 6 unspecified atom stereocenters. The summed E-state index contributed by atoms with van der Waals surface area (Å²) in [7, 11) is 0. The van der Waals surface area contributed by atoms with Crippen molar-refractivity contribution in [1.29, 1.82) is 0 Å². The van der Waals surface area contributed by atoms with Gasteiger partial charge in [0.2, 0.25) is 0 Å². The molecule has 1 rings (SSSR count). The molecule has 0 aromatic carbocycles. The van der Waals surface area contributed by atoms with E-state index in [0.29, 0.717) is 19.3 Å². The van der Waals surface area contributed by atoms with Gasteiger partial charge in [0, 0.05) is 19.3 Å². The maximum atomic E-state index is 13.1. The Morgan fingerprint density at radius 2 is 0.810 bits per heavy atom. The SMILES string of the molecule is CC/C=C\C/C=C\C/C=C\C/C=C\CCCCCCCCC(=O)OC1C(OCC(COC(=O)CCCCCCCCCCCCCCCCCCCCC)OC(=O)CCCCCCC/C=C\CCCC)OC(C(=O)O)C(O)C1O. The molecule has 79 heavy (non-hydrogen) atoms. The highest BCUT2D eigenvalue weighted by Gasteiger charge is 2.50. The van der Waals surface area contributed by atoms with Crippen molar-refractivity contribution in [2.24, 2.45) is 0 Å². The molecule has 1 aliphatic heterocycles. The van der Waals surface area contributed by atoms with E-state index in [-0.39, 0.29) is 25.9 Å². The van der Waals surface area contributed by atoms with E-state index in [4.69, 9.17) is 23.7 Å². The van der Waals surface area contributed by atoms with Gasteiger partial charge in [0.1, 0.15) is 18.8 Å². The molecule has 0 saturated carbocycles. The Morgan fingerprint density at radius 1 is 0.430 bits per heavy atom. The number of carbonyl (C=O) groups excluding carboxylic acids is 3. The summed E-state index contributed by atoms with van der Waals surface area (Å²) in [5, 5.41) is 31.5. The summed E-state index contributed by atoms with van der Waals surface area (Å²) < 4.78 is 28.5. The minimum atomic E-state index is -1.91. The normalized spacial score (nSPS) is 18.2. The highest BCUT2D eigenvalue weighted by Crippen LogP contribution is 2.27. The number of aliphatic hydroxyl groups is 2. The Hall–Kier alpha value is -3.58. The topological polar surface area (TPSA) is 175 Å². The number of aliphatic carboxylic acids is 1. The van der Waals surface area contributed by atoms with Gasteiger partial charge in [-0.2, -0.15) is 0 Å². The van der Waals surface area contributed by atoms with Gasteiger partial charge in [-0.05, 0) is 77.0 Å². The third-order valence-electron chi connectivity index (χ3n) is 14.6. The van der Waals surface area contributed by atoms with E-state index in [2.05, 4.69) is 81.5 Å². The molecule has 0 spiro atoms. The fourth-order valence-electron chi connectivity index (χ4n) is 9.64. The number of carbonyl (C=O) groups is 4. The van der Waals surface area contributed by atoms with Crippen molar-refractivity contribution in [1.82, 2.24) is 0 Å². The molecule has 3 N–H and O–H groups in total. The van der Waals surface area contributed by atoms with Crippen molar-refractivity contribution in [2.45, 2.75) is 327 Å². The summed E-state index contributed by atoms with van der Waals surface area (Å²) in [5.41, 5.74) is 0. The Labute approximate surface area is 481 Å². The molecule has 0 aliphatic carbocycles. The van der Waals surface area contributed by atoms with Crippen molar-refractivity contribution in [3.05, 3.63) is 60.8 Å². The van der Waals surface area contributed by atoms with Crippen molar-refractivity contribution in [2.75, 3.05) is 13.2 Å². The summed E-state index contributed by atoms with van der Waals surface area (Å²) in [6, 6.07) is 0. The molecular weight excluding hydrogens is 997 g/mol. The first-order valence-corrected chi connectivity index (χ1v) is 32.3. The van der Waals surface area contributed by atoms with E-state index >= 15 is 0 Å². The number of carboxylic acid groups (broad SMARTS) is 1. The van der Waals surface area contributed by atoms with Gasteiger partial charge in [-0.15, -0.1) is 0 Å². The standard InChI is InChI=1S/C67H116O12/c1-4-7-10-13-16-19-22-24-26-28-30-32-34-36-39-41-44-47-50-53-59(68)75-56-58(77-60(69)54-51-48-45-42-38-21-18-15-12-9-6-3)57-76-67-65(63(72)62(71)64(79-67)66(73)74)78-61(70)55-52-49-46-43-40-37-35-33-31-29-27-25-23-20-17-14-11-8-5-2/h8,11,15,17-18,20,25,27,31,33,58,62-65,67,71-72H,4-7,9-10,12-14,16,19,21-24,26,28-30,32,34-57H2,1-3H3,(H,73,74)/b11-8-,18-15-,20-17-,27-25-,33-31-. The first kappa shape index (κ1) is 73.4. The quantitative estimate of drug-likeness (QED) is 0.0228. The number of rotatable bonds is 55. The van der Waals surface area contributed by atoms with Crippen molar-refractivity contribution in [3.63, 3.8) is 0 Å². The number of unbranched alkanes of at least 4 members (excludes halogenated alkanes) is 31. The predicted molar refractivity (Wildman–Crippen MR) is 322 cm³/mol. The molecule has 6 atom stereocenters. The number of ether oxygens (including phenoxy) is 5. The van der Waals surface area contributed by atoms with Crippen LogP contribution >= 0.6 is 0 Å². The second-order valence-electron chi connectivity index (χ2n) is 22.0.